The van der Waals surface area contributed by atoms with Crippen LogP contribution in [0.5, 0.6) is 0 Å². The Kier molecular flexibility index (Phi) is 4.51. The first kappa shape index (κ1) is 12.8. The van der Waals surface area contributed by atoms with Crippen LogP contribution in [0.15, 0.2) is 24.5 Å². The Morgan fingerprint density at radius 2 is 2.28 bits per heavy atom. The number of rotatable bonds is 4. The van der Waals surface area contributed by atoms with Crippen LogP contribution in [0.3, 0.4) is 0 Å². The monoisotopic (exact) mass is 245 g/mol. The summed E-state index contributed by atoms with van der Waals surface area (Å²) < 4.78 is 4.95. The third kappa shape index (κ3) is 3.42. The van der Waals surface area contributed by atoms with E-state index < -0.39 is 0 Å². The summed E-state index contributed by atoms with van der Waals surface area (Å²) in [6.45, 7) is 2.25. The third-order valence-electron chi connectivity index (χ3n) is 3.11. The Morgan fingerprint density at radius 3 is 3.00 bits per heavy atom. The average Bonchev–Trinajstić information content (AvgIpc) is 2.40. The highest BCUT2D eigenvalue weighted by atomic mass is 16.5. The lowest BCUT2D eigenvalue weighted by Crippen LogP contribution is -2.08. The Bertz CT molecular complexity index is 452. The molecule has 0 radical (unpaired) electrons. The molecule has 0 amide bonds. The van der Waals surface area contributed by atoms with Gasteiger partial charge in [-0.2, -0.15) is 0 Å². The predicted molar refractivity (Wildman–Crippen MR) is 71.0 cm³/mol. The maximum Gasteiger partial charge on any atom is 0.310 e. The van der Waals surface area contributed by atoms with Gasteiger partial charge in [0.25, 0.3) is 0 Å². The van der Waals surface area contributed by atoms with Gasteiger partial charge in [-0.05, 0) is 55.4 Å². The summed E-state index contributed by atoms with van der Waals surface area (Å²) in [6.07, 6.45) is 11.0. The van der Waals surface area contributed by atoms with Crippen LogP contribution in [0.1, 0.15) is 43.7 Å². The van der Waals surface area contributed by atoms with Gasteiger partial charge < -0.3 is 4.74 Å². The molecule has 1 aromatic rings. The van der Waals surface area contributed by atoms with E-state index in [1.165, 1.54) is 18.4 Å². The molecule has 0 bridgehead atoms. The first-order valence-electron chi connectivity index (χ1n) is 6.58. The molecule has 1 aliphatic rings. The summed E-state index contributed by atoms with van der Waals surface area (Å²) in [7, 11) is 0. The van der Waals surface area contributed by atoms with Crippen molar-refractivity contribution in [1.82, 2.24) is 4.98 Å². The van der Waals surface area contributed by atoms with Gasteiger partial charge in [-0.1, -0.05) is 6.08 Å². The predicted octanol–water partition coefficient (Wildman–Crippen LogP) is 3.14. The number of pyridine rings is 1. The highest BCUT2D eigenvalue weighted by Gasteiger charge is 2.09. The molecule has 1 heterocycles. The summed E-state index contributed by atoms with van der Waals surface area (Å²) in [5.41, 5.74) is 3.44. The SMILES string of the molecule is CCOC(=O)Cc1cncc(C2=CCCCC2)c1. The average molecular weight is 245 g/mol. The fourth-order valence-electron chi connectivity index (χ4n) is 2.24. The minimum Gasteiger partial charge on any atom is -0.466 e. The van der Waals surface area contributed by atoms with E-state index in [2.05, 4.69) is 17.1 Å². The smallest absolute Gasteiger partial charge is 0.310 e. The molecule has 0 N–H and O–H groups in total. The van der Waals surface area contributed by atoms with Crippen LogP contribution >= 0.6 is 0 Å². The number of hydrogen-bond donors (Lipinski definition) is 0. The van der Waals surface area contributed by atoms with Crippen LogP contribution in [-0.4, -0.2) is 17.6 Å². The van der Waals surface area contributed by atoms with Gasteiger partial charge in [0.15, 0.2) is 0 Å². The number of allylic oxidation sites excluding steroid dienone is 2. The lowest BCUT2D eigenvalue weighted by atomic mass is 9.94. The summed E-state index contributed by atoms with van der Waals surface area (Å²) in [5.74, 6) is -0.186. The van der Waals surface area contributed by atoms with Crippen molar-refractivity contribution in [2.75, 3.05) is 6.61 Å². The molecule has 0 saturated carbocycles. The molecule has 3 heteroatoms. The molecule has 2 rings (SSSR count). The fraction of sp³-hybridized carbons (Fsp3) is 0.467. The normalized spacial score (nSPS) is 15.1. The fourth-order valence-corrected chi connectivity index (χ4v) is 2.24. The van der Waals surface area contributed by atoms with Crippen LogP contribution in [0.4, 0.5) is 0 Å². The van der Waals surface area contributed by atoms with Crippen molar-refractivity contribution >= 4 is 11.5 Å². The second-order valence-electron chi connectivity index (χ2n) is 4.54. The Morgan fingerprint density at radius 1 is 1.39 bits per heavy atom. The van der Waals surface area contributed by atoms with Crippen molar-refractivity contribution in [3.05, 3.63) is 35.7 Å². The molecule has 0 saturated heterocycles. The maximum atomic E-state index is 11.4. The summed E-state index contributed by atoms with van der Waals surface area (Å²) in [5, 5.41) is 0. The number of ether oxygens (including phenoxy) is 1. The number of aromatic nitrogens is 1. The first-order valence-corrected chi connectivity index (χ1v) is 6.58. The largest absolute Gasteiger partial charge is 0.466 e. The van der Waals surface area contributed by atoms with E-state index in [1.807, 2.05) is 13.1 Å². The van der Waals surface area contributed by atoms with Gasteiger partial charge in [-0.25, -0.2) is 0 Å². The van der Waals surface area contributed by atoms with E-state index >= 15 is 0 Å². The number of hydrogen-bond acceptors (Lipinski definition) is 3. The van der Waals surface area contributed by atoms with Gasteiger partial charge in [-0.3, -0.25) is 9.78 Å². The van der Waals surface area contributed by atoms with Gasteiger partial charge in [0.2, 0.25) is 0 Å². The Hall–Kier alpha value is -1.64. The van der Waals surface area contributed by atoms with E-state index in [0.29, 0.717) is 13.0 Å². The van der Waals surface area contributed by atoms with E-state index in [0.717, 1.165) is 24.0 Å². The second kappa shape index (κ2) is 6.34. The molecule has 3 nitrogen and oxygen atoms in total. The lowest BCUT2D eigenvalue weighted by Gasteiger charge is -2.13. The van der Waals surface area contributed by atoms with Gasteiger partial charge in [-0.15, -0.1) is 0 Å². The van der Waals surface area contributed by atoms with Crippen molar-refractivity contribution in [3.63, 3.8) is 0 Å². The molecule has 0 atom stereocenters. The molecule has 1 aliphatic carbocycles. The molecule has 0 spiro atoms. The number of esters is 1. The van der Waals surface area contributed by atoms with Crippen molar-refractivity contribution in [3.8, 4) is 0 Å². The minimum absolute atomic E-state index is 0.186. The quantitative estimate of drug-likeness (QED) is 0.765. The molecule has 0 fully saturated rings. The highest BCUT2D eigenvalue weighted by molar-refractivity contribution is 5.73. The van der Waals surface area contributed by atoms with E-state index in [-0.39, 0.29) is 5.97 Å². The number of carbonyl (C=O) groups excluding carboxylic acids is 1. The maximum absolute atomic E-state index is 11.4. The highest BCUT2D eigenvalue weighted by Crippen LogP contribution is 2.26. The van der Waals surface area contributed by atoms with Crippen LogP contribution in [-0.2, 0) is 16.0 Å². The molecule has 96 valence electrons. The number of carbonyl (C=O) groups is 1. The van der Waals surface area contributed by atoms with Crippen LogP contribution in [0.25, 0.3) is 5.57 Å². The van der Waals surface area contributed by atoms with E-state index in [1.54, 1.807) is 6.20 Å². The standard InChI is InChI=1S/C15H19NO2/c1-2-18-15(17)9-12-8-14(11-16-10-12)13-6-4-3-5-7-13/h6,8,10-11H,2-5,7,9H2,1H3. The zero-order chi connectivity index (χ0) is 12.8. The Labute approximate surface area is 108 Å². The van der Waals surface area contributed by atoms with Crippen molar-refractivity contribution in [2.24, 2.45) is 0 Å². The number of nitrogens with zero attached hydrogens (tertiary/aromatic N) is 1. The molecule has 1 aromatic heterocycles. The molecule has 18 heavy (non-hydrogen) atoms. The topological polar surface area (TPSA) is 39.2 Å². The van der Waals surface area contributed by atoms with E-state index in [4.69, 9.17) is 4.74 Å². The Balaban J connectivity index is 2.09. The van der Waals surface area contributed by atoms with Crippen molar-refractivity contribution in [1.29, 1.82) is 0 Å². The van der Waals surface area contributed by atoms with Crippen LogP contribution in [0.2, 0.25) is 0 Å². The van der Waals surface area contributed by atoms with Crippen molar-refractivity contribution in [2.45, 2.75) is 39.0 Å². The summed E-state index contributed by atoms with van der Waals surface area (Å²) >= 11 is 0. The van der Waals surface area contributed by atoms with Crippen molar-refractivity contribution < 1.29 is 9.53 Å². The van der Waals surface area contributed by atoms with E-state index in [9.17, 15) is 4.79 Å². The van der Waals surface area contributed by atoms with Crippen LogP contribution < -0.4 is 0 Å². The van der Waals surface area contributed by atoms with Crippen LogP contribution in [0, 0.1) is 0 Å². The molecule has 0 unspecified atom stereocenters. The lowest BCUT2D eigenvalue weighted by molar-refractivity contribution is -0.142. The van der Waals surface area contributed by atoms with Gasteiger partial charge in [0.1, 0.15) is 0 Å². The van der Waals surface area contributed by atoms with Gasteiger partial charge in [0, 0.05) is 12.4 Å². The second-order valence-corrected chi connectivity index (χ2v) is 4.54. The molecular formula is C15H19NO2. The zero-order valence-corrected chi connectivity index (χ0v) is 10.8. The zero-order valence-electron chi connectivity index (χ0n) is 10.8. The third-order valence-corrected chi connectivity index (χ3v) is 3.11. The molecular weight excluding hydrogens is 226 g/mol. The summed E-state index contributed by atoms with van der Waals surface area (Å²) in [4.78, 5) is 15.7. The summed E-state index contributed by atoms with van der Waals surface area (Å²) in [6, 6.07) is 2.06. The van der Waals surface area contributed by atoms with Gasteiger partial charge in [0.05, 0.1) is 13.0 Å². The molecule has 0 aromatic carbocycles. The first-order chi connectivity index (χ1) is 8.79. The minimum atomic E-state index is -0.186. The molecule has 0 aliphatic heterocycles. The van der Waals surface area contributed by atoms with Gasteiger partial charge >= 0.3 is 5.97 Å².